The number of para-hydroxylation sites is 1. The maximum Gasteiger partial charge on any atom is 0.264 e. The van der Waals surface area contributed by atoms with E-state index in [9.17, 15) is 13.2 Å². The number of sulfonamides is 1. The summed E-state index contributed by atoms with van der Waals surface area (Å²) in [5.41, 5.74) is 0.700. The second kappa shape index (κ2) is 9.21. The molecule has 2 aromatic rings. The number of rotatable bonds is 6. The summed E-state index contributed by atoms with van der Waals surface area (Å²) in [5, 5.41) is 6.15. The van der Waals surface area contributed by atoms with Gasteiger partial charge in [-0.05, 0) is 43.7 Å². The predicted molar refractivity (Wildman–Crippen MR) is 109 cm³/mol. The molecule has 6 nitrogen and oxygen atoms in total. The van der Waals surface area contributed by atoms with Gasteiger partial charge in [0.1, 0.15) is 4.90 Å². The third kappa shape index (κ3) is 4.80. The first kappa shape index (κ1) is 21.2. The van der Waals surface area contributed by atoms with E-state index >= 15 is 0 Å². The Morgan fingerprint density at radius 1 is 1.15 bits per heavy atom. The zero-order chi connectivity index (χ0) is 18.6. The van der Waals surface area contributed by atoms with Crippen molar-refractivity contribution < 1.29 is 13.2 Å². The molecule has 27 heavy (non-hydrogen) atoms. The largest absolute Gasteiger partial charge is 0.350 e. The molecule has 2 aromatic carbocycles. The molecule has 0 saturated carbocycles. The topological polar surface area (TPSA) is 78.5 Å². The first-order valence-corrected chi connectivity index (χ1v) is 10.1. The van der Waals surface area contributed by atoms with Gasteiger partial charge >= 0.3 is 0 Å². The Bertz CT molecular complexity index is 869. The number of anilines is 1. The van der Waals surface area contributed by atoms with E-state index in [-0.39, 0.29) is 34.8 Å². The maximum absolute atomic E-state index is 13.1. The fourth-order valence-electron chi connectivity index (χ4n) is 3.05. The van der Waals surface area contributed by atoms with Crippen molar-refractivity contribution in [1.29, 1.82) is 0 Å². The molecule has 1 heterocycles. The predicted octanol–water partition coefficient (Wildman–Crippen LogP) is 2.42. The van der Waals surface area contributed by atoms with Crippen molar-refractivity contribution in [1.82, 2.24) is 10.6 Å². The fourth-order valence-corrected chi connectivity index (χ4v) is 4.43. The Balaban J connectivity index is 0.00000261. The van der Waals surface area contributed by atoms with Crippen molar-refractivity contribution in [3.8, 4) is 0 Å². The quantitative estimate of drug-likeness (QED) is 0.768. The fraction of sp³-hybridized carbons (Fsp3) is 0.316. The molecule has 1 saturated heterocycles. The second-order valence-corrected chi connectivity index (χ2v) is 8.25. The highest BCUT2D eigenvalue weighted by atomic mass is 35.5. The summed E-state index contributed by atoms with van der Waals surface area (Å²) in [7, 11) is -2.36. The lowest BCUT2D eigenvalue weighted by Crippen LogP contribution is -2.38. The third-order valence-electron chi connectivity index (χ3n) is 4.56. The molecule has 1 aliphatic heterocycles. The first-order chi connectivity index (χ1) is 12.5. The highest BCUT2D eigenvalue weighted by molar-refractivity contribution is 7.92. The van der Waals surface area contributed by atoms with Gasteiger partial charge < -0.3 is 10.6 Å². The molecule has 0 spiro atoms. The van der Waals surface area contributed by atoms with Crippen LogP contribution >= 0.6 is 12.4 Å². The van der Waals surface area contributed by atoms with Crippen LogP contribution in [0.25, 0.3) is 0 Å². The number of amides is 1. The Kier molecular flexibility index (Phi) is 7.24. The van der Waals surface area contributed by atoms with Gasteiger partial charge in [-0.2, -0.15) is 0 Å². The van der Waals surface area contributed by atoms with Gasteiger partial charge in [0.15, 0.2) is 0 Å². The average molecular weight is 410 g/mol. The zero-order valence-electron chi connectivity index (χ0n) is 15.1. The first-order valence-electron chi connectivity index (χ1n) is 8.65. The van der Waals surface area contributed by atoms with Crippen molar-refractivity contribution >= 4 is 34.0 Å². The molecular weight excluding hydrogens is 386 g/mol. The Morgan fingerprint density at radius 3 is 2.48 bits per heavy atom. The summed E-state index contributed by atoms with van der Waals surface area (Å²) in [6, 6.07) is 15.4. The highest BCUT2D eigenvalue weighted by Crippen LogP contribution is 2.24. The van der Waals surface area contributed by atoms with Gasteiger partial charge in [-0.15, -0.1) is 12.4 Å². The van der Waals surface area contributed by atoms with E-state index in [1.54, 1.807) is 42.5 Å². The minimum Gasteiger partial charge on any atom is -0.350 e. The molecule has 1 aliphatic rings. The van der Waals surface area contributed by atoms with Crippen LogP contribution in [0, 0.1) is 0 Å². The van der Waals surface area contributed by atoms with Crippen LogP contribution in [0.5, 0.6) is 0 Å². The van der Waals surface area contributed by atoms with Gasteiger partial charge in [0.25, 0.3) is 15.9 Å². The number of nitrogens with one attached hydrogen (secondary N) is 2. The number of halogens is 1. The molecular formula is C19H24ClN3O3S. The number of carbonyl (C=O) groups is 1. The Morgan fingerprint density at radius 2 is 1.81 bits per heavy atom. The van der Waals surface area contributed by atoms with E-state index < -0.39 is 10.0 Å². The van der Waals surface area contributed by atoms with Crippen LogP contribution in [0.4, 0.5) is 5.69 Å². The molecule has 8 heteroatoms. The summed E-state index contributed by atoms with van der Waals surface area (Å²) in [5.74, 6) is -0.376. The van der Waals surface area contributed by atoms with Crippen LogP contribution in [0.15, 0.2) is 59.5 Å². The van der Waals surface area contributed by atoms with Gasteiger partial charge in [0.05, 0.1) is 11.3 Å². The van der Waals surface area contributed by atoms with E-state index in [1.165, 1.54) is 17.4 Å². The minimum absolute atomic E-state index is 0. The smallest absolute Gasteiger partial charge is 0.264 e. The molecule has 1 atom stereocenters. The molecule has 0 aromatic heterocycles. The summed E-state index contributed by atoms with van der Waals surface area (Å²) >= 11 is 0. The van der Waals surface area contributed by atoms with Crippen molar-refractivity contribution in [2.24, 2.45) is 0 Å². The number of benzene rings is 2. The van der Waals surface area contributed by atoms with Crippen LogP contribution in [-0.2, 0) is 10.0 Å². The standard InChI is InChI=1S/C19H23N3O3S.ClH/c1-22(16-9-3-2-4-10-16)26(24,25)18-12-6-5-11-17(18)19(23)21-14-15-8-7-13-20-15;/h2-6,9-12,15,20H,7-8,13-14H2,1H3,(H,21,23);1H. The van der Waals surface area contributed by atoms with E-state index in [1.807, 2.05) is 6.07 Å². The van der Waals surface area contributed by atoms with Crippen molar-refractivity contribution in [2.45, 2.75) is 23.8 Å². The van der Waals surface area contributed by atoms with E-state index in [0.717, 1.165) is 19.4 Å². The summed E-state index contributed by atoms with van der Waals surface area (Å²) in [6.45, 7) is 1.44. The van der Waals surface area contributed by atoms with Gasteiger partial charge in [-0.1, -0.05) is 30.3 Å². The Labute approximate surface area is 166 Å². The summed E-state index contributed by atoms with van der Waals surface area (Å²) < 4.78 is 27.3. The van der Waals surface area contributed by atoms with Crippen LogP contribution in [0.3, 0.4) is 0 Å². The van der Waals surface area contributed by atoms with Gasteiger partial charge in [-0.3, -0.25) is 9.10 Å². The van der Waals surface area contributed by atoms with Crippen LogP contribution in [0.2, 0.25) is 0 Å². The lowest BCUT2D eigenvalue weighted by atomic mass is 10.2. The lowest BCUT2D eigenvalue weighted by molar-refractivity contribution is 0.0947. The second-order valence-electron chi connectivity index (χ2n) is 6.31. The number of hydrogen-bond acceptors (Lipinski definition) is 4. The molecule has 1 unspecified atom stereocenters. The molecule has 1 fully saturated rings. The third-order valence-corrected chi connectivity index (χ3v) is 6.41. The number of carbonyl (C=O) groups excluding carboxylic acids is 1. The van der Waals surface area contributed by atoms with Gasteiger partial charge in [0.2, 0.25) is 0 Å². The van der Waals surface area contributed by atoms with Gasteiger partial charge in [0, 0.05) is 19.6 Å². The Hall–Kier alpha value is -2.09. The van der Waals surface area contributed by atoms with Gasteiger partial charge in [-0.25, -0.2) is 8.42 Å². The van der Waals surface area contributed by atoms with Crippen molar-refractivity contribution in [3.63, 3.8) is 0 Å². The molecule has 1 amide bonds. The summed E-state index contributed by atoms with van der Waals surface area (Å²) in [6.07, 6.45) is 2.10. The highest BCUT2D eigenvalue weighted by Gasteiger charge is 2.27. The van der Waals surface area contributed by atoms with E-state index in [2.05, 4.69) is 10.6 Å². The van der Waals surface area contributed by atoms with Crippen molar-refractivity contribution in [3.05, 3.63) is 60.2 Å². The maximum atomic E-state index is 13.1. The molecule has 146 valence electrons. The average Bonchev–Trinajstić information content (AvgIpc) is 3.20. The van der Waals surface area contributed by atoms with E-state index in [0.29, 0.717) is 12.2 Å². The molecule has 0 bridgehead atoms. The summed E-state index contributed by atoms with van der Waals surface area (Å²) in [4.78, 5) is 12.6. The van der Waals surface area contributed by atoms with Crippen LogP contribution in [0.1, 0.15) is 23.2 Å². The number of nitrogens with zero attached hydrogens (tertiary/aromatic N) is 1. The molecule has 0 radical (unpaired) electrons. The van der Waals surface area contributed by atoms with Crippen LogP contribution in [-0.4, -0.2) is 40.5 Å². The minimum atomic E-state index is -3.85. The van der Waals surface area contributed by atoms with Crippen LogP contribution < -0.4 is 14.9 Å². The molecule has 0 aliphatic carbocycles. The molecule has 2 N–H and O–H groups in total. The van der Waals surface area contributed by atoms with E-state index in [4.69, 9.17) is 0 Å². The SMILES string of the molecule is CN(c1ccccc1)S(=O)(=O)c1ccccc1C(=O)NCC1CCCN1.Cl. The monoisotopic (exact) mass is 409 g/mol. The number of hydrogen-bond donors (Lipinski definition) is 2. The van der Waals surface area contributed by atoms with Crippen molar-refractivity contribution in [2.75, 3.05) is 24.4 Å². The lowest BCUT2D eigenvalue weighted by Gasteiger charge is -2.21. The zero-order valence-corrected chi connectivity index (χ0v) is 16.7. The normalized spacial score (nSPS) is 16.4. The molecule has 3 rings (SSSR count).